The average molecular weight is 155 g/mol. The second kappa shape index (κ2) is 3.03. The molecule has 1 atom stereocenters. The van der Waals surface area contributed by atoms with Gasteiger partial charge in [0.1, 0.15) is 5.60 Å². The summed E-state index contributed by atoms with van der Waals surface area (Å²) >= 11 is 0. The van der Waals surface area contributed by atoms with Crippen molar-refractivity contribution in [3.63, 3.8) is 0 Å². The maximum Gasteiger partial charge on any atom is 0.110 e. The number of benzene rings is 1. The highest BCUT2D eigenvalue weighted by molar-refractivity contribution is 5.21. The molecule has 0 unspecified atom stereocenters. The van der Waals surface area contributed by atoms with E-state index in [9.17, 15) is 5.11 Å². The molecule has 1 aromatic rings. The van der Waals surface area contributed by atoms with Gasteiger partial charge in [-0.1, -0.05) is 30.3 Å². The summed E-state index contributed by atoms with van der Waals surface area (Å²) in [6.07, 6.45) is 0. The minimum Gasteiger partial charge on any atom is -0.393 e. The van der Waals surface area contributed by atoms with E-state index in [-0.39, 0.29) is 5.56 Å². The van der Waals surface area contributed by atoms with Crippen LogP contribution in [-0.2, 0) is 5.60 Å². The highest BCUT2D eigenvalue weighted by Crippen LogP contribution is 2.18. The van der Waals surface area contributed by atoms with E-state index in [0.717, 1.165) is 0 Å². The zero-order chi connectivity index (χ0) is 10.8. The summed E-state index contributed by atoms with van der Waals surface area (Å²) in [5.41, 5.74) is -1.98. The molecule has 2 N–H and O–H groups in total. The fraction of sp³-hybridized carbons (Fsp3) is 0.333. The molecule has 0 heterocycles. The third-order valence-electron chi connectivity index (χ3n) is 1.48. The first kappa shape index (κ1) is 4.91. The van der Waals surface area contributed by atoms with Crippen LogP contribution in [0.2, 0.25) is 0 Å². The Bertz CT molecular complexity index is 297. The quantitative estimate of drug-likeness (QED) is 0.665. The van der Waals surface area contributed by atoms with Crippen molar-refractivity contribution in [3.05, 3.63) is 35.9 Å². The molecule has 0 aliphatic carbocycles. The predicted octanol–water partition coefficient (Wildman–Crippen LogP) is 0.886. The molecule has 0 spiro atoms. The number of aliphatic hydroxyl groups excluding tert-OH is 1. The molecule has 0 aliphatic rings. The van der Waals surface area contributed by atoms with Crippen LogP contribution in [0.4, 0.5) is 0 Å². The van der Waals surface area contributed by atoms with Crippen LogP contribution < -0.4 is 0 Å². The van der Waals surface area contributed by atoms with E-state index in [4.69, 9.17) is 9.22 Å². The lowest BCUT2D eigenvalue weighted by Gasteiger charge is -2.20. The van der Waals surface area contributed by atoms with Gasteiger partial charge in [0.15, 0.2) is 0 Å². The van der Waals surface area contributed by atoms with E-state index in [1.54, 1.807) is 18.2 Å². The summed E-state index contributed by atoms with van der Waals surface area (Å²) in [5.74, 6) is 0. The summed E-state index contributed by atoms with van der Waals surface area (Å²) in [6.45, 7) is -3.46. The van der Waals surface area contributed by atoms with Crippen molar-refractivity contribution in [3.8, 4) is 0 Å². The molecular weight excluding hydrogens is 140 g/mol. The minimum atomic E-state index is -2.64. The number of hydrogen-bond acceptors (Lipinski definition) is 2. The molecule has 0 aromatic heterocycles. The fourth-order valence-corrected chi connectivity index (χ4v) is 0.805. The van der Waals surface area contributed by atoms with Gasteiger partial charge in [0.2, 0.25) is 0 Å². The van der Waals surface area contributed by atoms with Crippen LogP contribution in [0, 0.1) is 0 Å². The van der Waals surface area contributed by atoms with Gasteiger partial charge in [0, 0.05) is 4.11 Å². The Hall–Kier alpha value is -0.860. The summed E-state index contributed by atoms with van der Waals surface area (Å²) in [7, 11) is 0. The minimum absolute atomic E-state index is 0.197. The molecule has 0 saturated carbocycles. The Balaban J connectivity index is 3.15. The van der Waals surface area contributed by atoms with E-state index in [0.29, 0.717) is 0 Å². The summed E-state index contributed by atoms with van der Waals surface area (Å²) in [6, 6.07) is 7.88. The molecule has 0 saturated heterocycles. The van der Waals surface area contributed by atoms with E-state index in [1.807, 2.05) is 0 Å². The lowest BCUT2D eigenvalue weighted by atomic mass is 9.97. The Morgan fingerprint density at radius 1 is 1.45 bits per heavy atom. The highest BCUT2D eigenvalue weighted by Gasteiger charge is 2.20. The molecule has 0 radical (unpaired) electrons. The molecule has 0 bridgehead atoms. The monoisotopic (exact) mass is 155 g/mol. The molecule has 0 amide bonds. The molecule has 0 aliphatic heterocycles. The predicted molar refractivity (Wildman–Crippen MR) is 43.1 cm³/mol. The van der Waals surface area contributed by atoms with E-state index in [1.165, 1.54) is 12.1 Å². The molecule has 60 valence electrons. The van der Waals surface area contributed by atoms with E-state index in [2.05, 4.69) is 0 Å². The first-order valence-electron chi connectivity index (χ1n) is 4.80. The highest BCUT2D eigenvalue weighted by atomic mass is 16.3. The maximum atomic E-state index is 9.82. The molecule has 0 fully saturated rings. The van der Waals surface area contributed by atoms with Gasteiger partial charge in [-0.2, -0.15) is 0 Å². The van der Waals surface area contributed by atoms with Crippen molar-refractivity contribution in [2.75, 3.05) is 6.61 Å². The second-order valence-corrected chi connectivity index (χ2v) is 2.38. The standard InChI is InChI=1S/C9H12O2/c1-9(11,7-10)8-5-3-2-4-6-8/h2-6,10-11H,7H2,1H3/t9-/m0/s1/i1D3. The smallest absolute Gasteiger partial charge is 0.110 e. The van der Waals surface area contributed by atoms with Gasteiger partial charge >= 0.3 is 0 Å². The lowest BCUT2D eigenvalue weighted by Crippen LogP contribution is -2.25. The average Bonchev–Trinajstić information content (AvgIpc) is 2.16. The molecule has 11 heavy (non-hydrogen) atoms. The van der Waals surface area contributed by atoms with Crippen molar-refractivity contribution in [2.45, 2.75) is 12.5 Å². The Labute approximate surface area is 70.3 Å². The molecular formula is C9H12O2. The van der Waals surface area contributed by atoms with Crippen LogP contribution in [0.15, 0.2) is 30.3 Å². The van der Waals surface area contributed by atoms with Gasteiger partial charge in [-0.05, 0) is 12.4 Å². The van der Waals surface area contributed by atoms with Gasteiger partial charge in [0.05, 0.1) is 6.61 Å². The largest absolute Gasteiger partial charge is 0.393 e. The second-order valence-electron chi connectivity index (χ2n) is 2.38. The summed E-state index contributed by atoms with van der Waals surface area (Å²) < 4.78 is 21.4. The van der Waals surface area contributed by atoms with E-state index >= 15 is 0 Å². The summed E-state index contributed by atoms with van der Waals surface area (Å²) in [4.78, 5) is 0. The van der Waals surface area contributed by atoms with E-state index < -0.39 is 19.1 Å². The van der Waals surface area contributed by atoms with Gasteiger partial charge in [0.25, 0.3) is 0 Å². The van der Waals surface area contributed by atoms with Gasteiger partial charge in [-0.3, -0.25) is 0 Å². The Morgan fingerprint density at radius 3 is 2.55 bits per heavy atom. The van der Waals surface area contributed by atoms with Gasteiger partial charge < -0.3 is 10.2 Å². The van der Waals surface area contributed by atoms with Crippen molar-refractivity contribution in [1.82, 2.24) is 0 Å². The molecule has 2 nitrogen and oxygen atoms in total. The fourth-order valence-electron chi connectivity index (χ4n) is 0.805. The van der Waals surface area contributed by atoms with Gasteiger partial charge in [-0.25, -0.2) is 0 Å². The van der Waals surface area contributed by atoms with Crippen molar-refractivity contribution >= 4 is 0 Å². The SMILES string of the molecule is [2H]C([2H])([2H])[C@](O)(CO)c1ccccc1. The summed E-state index contributed by atoms with van der Waals surface area (Å²) in [5, 5.41) is 18.8. The molecule has 1 aromatic carbocycles. The van der Waals surface area contributed by atoms with Crippen LogP contribution in [0.3, 0.4) is 0 Å². The van der Waals surface area contributed by atoms with Crippen molar-refractivity contribution in [1.29, 1.82) is 0 Å². The lowest BCUT2D eigenvalue weighted by molar-refractivity contribution is -0.00228. The van der Waals surface area contributed by atoms with Crippen LogP contribution in [0.5, 0.6) is 0 Å². The first-order valence-corrected chi connectivity index (χ1v) is 3.30. The van der Waals surface area contributed by atoms with Crippen molar-refractivity contribution < 1.29 is 14.3 Å². The van der Waals surface area contributed by atoms with Gasteiger partial charge in [-0.15, -0.1) is 0 Å². The first-order chi connectivity index (χ1) is 6.42. The number of rotatable bonds is 2. The third kappa shape index (κ3) is 1.79. The number of aliphatic hydroxyl groups is 2. The Morgan fingerprint density at radius 2 is 2.09 bits per heavy atom. The Kier molecular flexibility index (Phi) is 1.35. The normalized spacial score (nSPS) is 21.1. The van der Waals surface area contributed by atoms with Crippen LogP contribution in [0.25, 0.3) is 0 Å². The maximum absolute atomic E-state index is 9.82. The third-order valence-corrected chi connectivity index (χ3v) is 1.48. The molecule has 1 rings (SSSR count). The van der Waals surface area contributed by atoms with Crippen LogP contribution in [-0.4, -0.2) is 16.8 Å². The van der Waals surface area contributed by atoms with Crippen LogP contribution >= 0.6 is 0 Å². The van der Waals surface area contributed by atoms with Crippen LogP contribution in [0.1, 0.15) is 16.5 Å². The van der Waals surface area contributed by atoms with Crippen molar-refractivity contribution in [2.24, 2.45) is 0 Å². The zero-order valence-corrected chi connectivity index (χ0v) is 5.99. The topological polar surface area (TPSA) is 40.5 Å². The zero-order valence-electron chi connectivity index (χ0n) is 8.99. The number of hydrogen-bond donors (Lipinski definition) is 2. The molecule has 2 heteroatoms.